The van der Waals surface area contributed by atoms with E-state index in [0.29, 0.717) is 17.9 Å². The fourth-order valence-electron chi connectivity index (χ4n) is 3.36. The summed E-state index contributed by atoms with van der Waals surface area (Å²) >= 11 is 5.20. The van der Waals surface area contributed by atoms with Gasteiger partial charge in [0.2, 0.25) is 5.91 Å². The van der Waals surface area contributed by atoms with Crippen LogP contribution >= 0.6 is 12.2 Å². The first-order chi connectivity index (χ1) is 11.3. The highest BCUT2D eigenvalue weighted by molar-refractivity contribution is 7.80. The predicted octanol–water partition coefficient (Wildman–Crippen LogP) is 3.15. The Hall–Kier alpha value is -1.95. The number of para-hydroxylation sites is 2. The first-order valence-electron chi connectivity index (χ1n) is 8.00. The first-order valence-corrected chi connectivity index (χ1v) is 8.40. The molecule has 2 N–H and O–H groups in total. The quantitative estimate of drug-likeness (QED) is 0.800. The third-order valence-corrected chi connectivity index (χ3v) is 5.21. The summed E-state index contributed by atoms with van der Waals surface area (Å²) in [5.41, 5.74) is 0.562. The number of hydrogen-bond donors (Lipinski definition) is 2. The number of nitrogens with one attached hydrogen (secondary N) is 2. The summed E-state index contributed by atoms with van der Waals surface area (Å²) in [7, 11) is 1.58. The second-order valence-electron chi connectivity index (χ2n) is 6.82. The highest BCUT2D eigenvalue weighted by atomic mass is 32.1. The van der Waals surface area contributed by atoms with Crippen LogP contribution in [0.4, 0.5) is 5.69 Å². The van der Waals surface area contributed by atoms with Crippen LogP contribution in [0.5, 0.6) is 5.75 Å². The average molecular weight is 348 g/mol. The Morgan fingerprint density at radius 1 is 1.33 bits per heavy atom. The van der Waals surface area contributed by atoms with Crippen LogP contribution in [0.2, 0.25) is 0 Å². The first kappa shape index (κ1) is 18.4. The average Bonchev–Trinajstić information content (AvgIpc) is 2.51. The fourth-order valence-corrected chi connectivity index (χ4v) is 3.58. The van der Waals surface area contributed by atoms with Crippen molar-refractivity contribution in [2.75, 3.05) is 12.4 Å². The lowest BCUT2D eigenvalue weighted by Gasteiger charge is -2.51. The lowest BCUT2D eigenvalue weighted by molar-refractivity contribution is -0.140. The minimum absolute atomic E-state index is 0.0500. The molecule has 0 unspecified atom stereocenters. The lowest BCUT2D eigenvalue weighted by Crippen LogP contribution is -2.50. The second-order valence-corrected chi connectivity index (χ2v) is 7.23. The van der Waals surface area contributed by atoms with Crippen LogP contribution in [0.1, 0.15) is 33.6 Å². The molecular weight excluding hydrogens is 324 g/mol. The summed E-state index contributed by atoms with van der Waals surface area (Å²) in [5.74, 6) is 0.959. The smallest absolute Gasteiger partial charge is 0.226 e. The number of amides is 1. The van der Waals surface area contributed by atoms with Crippen molar-refractivity contribution in [1.82, 2.24) is 5.32 Å². The van der Waals surface area contributed by atoms with E-state index in [1.54, 1.807) is 14.0 Å². The van der Waals surface area contributed by atoms with Gasteiger partial charge in [0.05, 0.1) is 12.8 Å². The molecule has 1 fully saturated rings. The van der Waals surface area contributed by atoms with E-state index in [1.165, 1.54) is 0 Å². The number of carbonyl (C=O) groups excluding carboxylic acids is 2. The van der Waals surface area contributed by atoms with Gasteiger partial charge in [-0.2, -0.15) is 0 Å². The number of methoxy groups -OCH3 is 1. The molecule has 0 heterocycles. The van der Waals surface area contributed by atoms with Gasteiger partial charge in [-0.1, -0.05) is 26.0 Å². The number of ketones is 1. The van der Waals surface area contributed by atoms with Crippen LogP contribution in [0, 0.1) is 17.3 Å². The molecular formula is C18H24N2O3S. The summed E-state index contributed by atoms with van der Waals surface area (Å²) < 4.78 is 5.24. The summed E-state index contributed by atoms with van der Waals surface area (Å²) in [6, 6.07) is 7.35. The van der Waals surface area contributed by atoms with Gasteiger partial charge in [-0.15, -0.1) is 0 Å². The highest BCUT2D eigenvalue weighted by Crippen LogP contribution is 2.53. The monoisotopic (exact) mass is 348 g/mol. The molecule has 24 heavy (non-hydrogen) atoms. The Morgan fingerprint density at radius 2 is 2.00 bits per heavy atom. The van der Waals surface area contributed by atoms with Gasteiger partial charge in [-0.3, -0.25) is 9.59 Å². The number of thiocarbonyl (C=S) groups is 1. The van der Waals surface area contributed by atoms with E-state index in [4.69, 9.17) is 17.0 Å². The molecule has 1 aromatic carbocycles. The van der Waals surface area contributed by atoms with Gasteiger partial charge in [0.25, 0.3) is 0 Å². The summed E-state index contributed by atoms with van der Waals surface area (Å²) in [5, 5.41) is 5.91. The maximum atomic E-state index is 12.2. The molecule has 1 aromatic rings. The van der Waals surface area contributed by atoms with Crippen molar-refractivity contribution in [3.63, 3.8) is 0 Å². The second kappa shape index (κ2) is 7.30. The van der Waals surface area contributed by atoms with Gasteiger partial charge in [-0.25, -0.2) is 0 Å². The van der Waals surface area contributed by atoms with E-state index in [1.807, 2.05) is 38.1 Å². The number of rotatable bonds is 5. The zero-order valence-electron chi connectivity index (χ0n) is 14.5. The van der Waals surface area contributed by atoms with Gasteiger partial charge in [0.15, 0.2) is 5.11 Å². The van der Waals surface area contributed by atoms with Gasteiger partial charge in [-0.05, 0) is 49.0 Å². The molecule has 6 heteroatoms. The predicted molar refractivity (Wildman–Crippen MR) is 98.0 cm³/mol. The van der Waals surface area contributed by atoms with Crippen molar-refractivity contribution in [2.24, 2.45) is 17.3 Å². The van der Waals surface area contributed by atoms with E-state index in [9.17, 15) is 9.59 Å². The van der Waals surface area contributed by atoms with Crippen LogP contribution in [0.3, 0.4) is 0 Å². The number of carbonyl (C=O) groups is 2. The standard InChI is InChI=1S/C18H24N2O3S/c1-11(21)13-9-12(18(13,2)3)10-16(22)20-17(24)19-14-7-5-6-8-15(14)23-4/h5-8,12-13H,9-10H2,1-4H3,(H2,19,20,22,24)/t12-,13-/m0/s1. The van der Waals surface area contributed by atoms with E-state index in [0.717, 1.165) is 6.42 Å². The SMILES string of the molecule is COc1ccccc1NC(=S)NC(=O)C[C@@H]1C[C@@H](C(C)=O)C1(C)C. The number of benzene rings is 1. The summed E-state index contributed by atoms with van der Waals surface area (Å²) in [6.45, 7) is 5.72. The maximum absolute atomic E-state index is 12.2. The van der Waals surface area contributed by atoms with Gasteiger partial charge in [0.1, 0.15) is 11.5 Å². The molecule has 1 aliphatic rings. The molecule has 1 amide bonds. The Kier molecular flexibility index (Phi) is 5.59. The number of Topliss-reactive ketones (excluding diaryl/α,β-unsaturated/α-hetero) is 1. The lowest BCUT2D eigenvalue weighted by atomic mass is 9.52. The van der Waals surface area contributed by atoms with Crippen molar-refractivity contribution in [1.29, 1.82) is 0 Å². The molecule has 0 saturated heterocycles. The number of anilines is 1. The minimum Gasteiger partial charge on any atom is -0.495 e. The maximum Gasteiger partial charge on any atom is 0.226 e. The largest absolute Gasteiger partial charge is 0.495 e. The molecule has 1 aliphatic carbocycles. The van der Waals surface area contributed by atoms with E-state index >= 15 is 0 Å². The minimum atomic E-state index is -0.138. The van der Waals surface area contributed by atoms with E-state index < -0.39 is 0 Å². The molecule has 0 aliphatic heterocycles. The van der Waals surface area contributed by atoms with Gasteiger partial charge < -0.3 is 15.4 Å². The van der Waals surface area contributed by atoms with Crippen LogP contribution in [0.15, 0.2) is 24.3 Å². The topological polar surface area (TPSA) is 67.4 Å². The van der Waals surface area contributed by atoms with Crippen LogP contribution in [-0.4, -0.2) is 23.9 Å². The highest BCUT2D eigenvalue weighted by Gasteiger charge is 2.50. The Labute approximate surface area is 148 Å². The van der Waals surface area contributed by atoms with Crippen LogP contribution < -0.4 is 15.4 Å². The molecule has 5 nitrogen and oxygen atoms in total. The Bertz CT molecular complexity index is 657. The Balaban J connectivity index is 1.87. The van der Waals surface area contributed by atoms with Gasteiger partial charge >= 0.3 is 0 Å². The molecule has 1 saturated carbocycles. The molecule has 0 spiro atoms. The number of ether oxygens (including phenoxy) is 1. The van der Waals surface area contributed by atoms with E-state index in [2.05, 4.69) is 10.6 Å². The molecule has 2 atom stereocenters. The Morgan fingerprint density at radius 3 is 2.58 bits per heavy atom. The fraction of sp³-hybridized carbons (Fsp3) is 0.500. The zero-order valence-corrected chi connectivity index (χ0v) is 15.3. The van der Waals surface area contributed by atoms with Crippen molar-refractivity contribution in [3.05, 3.63) is 24.3 Å². The molecule has 2 rings (SSSR count). The zero-order chi connectivity index (χ0) is 17.9. The molecule has 130 valence electrons. The summed E-state index contributed by atoms with van der Waals surface area (Å²) in [6.07, 6.45) is 1.13. The van der Waals surface area contributed by atoms with Crippen molar-refractivity contribution in [2.45, 2.75) is 33.6 Å². The molecule has 0 aromatic heterocycles. The van der Waals surface area contributed by atoms with E-state index in [-0.39, 0.29) is 34.1 Å². The van der Waals surface area contributed by atoms with Crippen LogP contribution in [-0.2, 0) is 9.59 Å². The molecule has 0 bridgehead atoms. The summed E-state index contributed by atoms with van der Waals surface area (Å²) in [4.78, 5) is 23.8. The third kappa shape index (κ3) is 3.93. The van der Waals surface area contributed by atoms with Crippen molar-refractivity contribution in [3.8, 4) is 5.75 Å². The number of hydrogen-bond acceptors (Lipinski definition) is 4. The van der Waals surface area contributed by atoms with Crippen molar-refractivity contribution < 1.29 is 14.3 Å². The van der Waals surface area contributed by atoms with Gasteiger partial charge in [0, 0.05) is 12.3 Å². The molecule has 0 radical (unpaired) electrons. The normalized spacial score (nSPS) is 21.3. The van der Waals surface area contributed by atoms with Crippen LogP contribution in [0.25, 0.3) is 0 Å². The third-order valence-electron chi connectivity index (χ3n) is 5.00. The van der Waals surface area contributed by atoms with Crippen molar-refractivity contribution >= 4 is 34.7 Å².